The number of aliphatic hydroxyl groups is 1. The molecular formula is C16H23N3O3S. The molecule has 0 saturated carbocycles. The van der Waals surface area contributed by atoms with Crippen molar-refractivity contribution in [2.45, 2.75) is 46.3 Å². The Hall–Kier alpha value is -1.86. The molecule has 0 aliphatic rings. The van der Waals surface area contributed by atoms with Gasteiger partial charge in [-0.2, -0.15) is 0 Å². The molecule has 0 bridgehead atoms. The third kappa shape index (κ3) is 4.33. The largest absolute Gasteiger partial charge is 0.466 e. The molecule has 0 saturated heterocycles. The van der Waals surface area contributed by atoms with Crippen LogP contribution in [0.4, 0.5) is 4.79 Å². The molecule has 2 aromatic heterocycles. The van der Waals surface area contributed by atoms with E-state index in [0.29, 0.717) is 11.3 Å². The van der Waals surface area contributed by atoms with Gasteiger partial charge in [-0.1, -0.05) is 0 Å². The van der Waals surface area contributed by atoms with Gasteiger partial charge in [0.15, 0.2) is 0 Å². The number of nitrogens with zero attached hydrogens (tertiary/aromatic N) is 1. The molecule has 126 valence electrons. The number of carbonyl (C=O) groups is 1. The minimum atomic E-state index is -1.19. The van der Waals surface area contributed by atoms with Crippen LogP contribution in [0.1, 0.15) is 46.9 Å². The summed E-state index contributed by atoms with van der Waals surface area (Å²) in [7, 11) is 0. The number of amides is 2. The zero-order valence-corrected chi connectivity index (χ0v) is 14.9. The number of thiazole rings is 1. The Morgan fingerprint density at radius 2 is 2.17 bits per heavy atom. The second kappa shape index (κ2) is 6.72. The summed E-state index contributed by atoms with van der Waals surface area (Å²) >= 11 is 1.55. The van der Waals surface area contributed by atoms with Gasteiger partial charge in [-0.3, -0.25) is 0 Å². The molecule has 0 aromatic carbocycles. The zero-order chi connectivity index (χ0) is 17.2. The van der Waals surface area contributed by atoms with Gasteiger partial charge in [0, 0.05) is 16.6 Å². The van der Waals surface area contributed by atoms with E-state index in [1.54, 1.807) is 37.4 Å². The molecule has 0 fully saturated rings. The van der Waals surface area contributed by atoms with E-state index in [1.165, 1.54) is 0 Å². The molecule has 2 amide bonds. The maximum absolute atomic E-state index is 12.0. The van der Waals surface area contributed by atoms with Crippen LogP contribution in [0, 0.1) is 20.8 Å². The third-order valence-electron chi connectivity index (χ3n) is 3.57. The lowest BCUT2D eigenvalue weighted by Gasteiger charge is -2.24. The second-order valence-electron chi connectivity index (χ2n) is 5.96. The predicted octanol–water partition coefficient (Wildman–Crippen LogP) is 2.93. The Morgan fingerprint density at radius 3 is 2.70 bits per heavy atom. The summed E-state index contributed by atoms with van der Waals surface area (Å²) in [6.07, 6.45) is 1.78. The summed E-state index contributed by atoms with van der Waals surface area (Å²) in [5.41, 5.74) is -0.515. The van der Waals surface area contributed by atoms with Gasteiger partial charge < -0.3 is 20.2 Å². The van der Waals surface area contributed by atoms with Crippen molar-refractivity contribution >= 4 is 17.4 Å². The molecular weight excluding hydrogens is 314 g/mol. The van der Waals surface area contributed by atoms with E-state index in [1.807, 2.05) is 20.8 Å². The Balaban J connectivity index is 1.92. The first-order valence-electron chi connectivity index (χ1n) is 7.45. The lowest BCUT2D eigenvalue weighted by atomic mass is 9.96. The first-order chi connectivity index (χ1) is 10.7. The number of rotatable bonds is 5. The highest BCUT2D eigenvalue weighted by Crippen LogP contribution is 2.26. The molecule has 2 rings (SSSR count). The number of aryl methyl sites for hydroxylation is 3. The van der Waals surface area contributed by atoms with Gasteiger partial charge in [0.1, 0.15) is 22.1 Å². The minimum absolute atomic E-state index is 0.0856. The average molecular weight is 337 g/mol. The third-order valence-corrected chi connectivity index (χ3v) is 4.67. The highest BCUT2D eigenvalue weighted by molar-refractivity contribution is 7.11. The highest BCUT2D eigenvalue weighted by atomic mass is 32.1. The van der Waals surface area contributed by atoms with Crippen LogP contribution < -0.4 is 10.6 Å². The van der Waals surface area contributed by atoms with Crippen molar-refractivity contribution in [2.24, 2.45) is 0 Å². The fraction of sp³-hybridized carbons (Fsp3) is 0.500. The number of carbonyl (C=O) groups excluding carboxylic acids is 1. The fourth-order valence-electron chi connectivity index (χ4n) is 2.39. The van der Waals surface area contributed by atoms with Gasteiger partial charge in [-0.15, -0.1) is 11.3 Å². The van der Waals surface area contributed by atoms with Crippen LogP contribution in [0.3, 0.4) is 0 Å². The Bertz CT molecular complexity index is 691. The lowest BCUT2D eigenvalue weighted by Crippen LogP contribution is -2.44. The minimum Gasteiger partial charge on any atom is -0.466 e. The molecule has 7 heteroatoms. The monoisotopic (exact) mass is 337 g/mol. The topological polar surface area (TPSA) is 87.4 Å². The Labute approximate surface area is 139 Å². The van der Waals surface area contributed by atoms with Crippen LogP contribution in [-0.2, 0) is 5.60 Å². The van der Waals surface area contributed by atoms with E-state index in [0.717, 1.165) is 15.6 Å². The van der Waals surface area contributed by atoms with Gasteiger partial charge in [-0.05, 0) is 40.7 Å². The van der Waals surface area contributed by atoms with Crippen LogP contribution in [0.5, 0.6) is 0 Å². The first kappa shape index (κ1) is 17.5. The fourth-order valence-corrected chi connectivity index (χ4v) is 3.17. The summed E-state index contributed by atoms with van der Waals surface area (Å²) in [5.74, 6) is 1.39. The molecule has 2 aromatic rings. The van der Waals surface area contributed by atoms with Gasteiger partial charge in [-0.25, -0.2) is 9.78 Å². The number of hydrogen-bond donors (Lipinski definition) is 3. The van der Waals surface area contributed by atoms with Crippen LogP contribution in [0.2, 0.25) is 0 Å². The maximum Gasteiger partial charge on any atom is 0.315 e. The van der Waals surface area contributed by atoms with Gasteiger partial charge in [0.25, 0.3) is 0 Å². The highest BCUT2D eigenvalue weighted by Gasteiger charge is 2.28. The van der Waals surface area contributed by atoms with Gasteiger partial charge >= 0.3 is 6.03 Å². The van der Waals surface area contributed by atoms with Crippen LogP contribution >= 0.6 is 11.3 Å². The van der Waals surface area contributed by atoms with Crippen molar-refractivity contribution in [2.75, 3.05) is 6.54 Å². The zero-order valence-electron chi connectivity index (χ0n) is 14.1. The van der Waals surface area contributed by atoms with Gasteiger partial charge in [0.2, 0.25) is 0 Å². The molecule has 2 unspecified atom stereocenters. The van der Waals surface area contributed by atoms with Crippen molar-refractivity contribution in [3.63, 3.8) is 0 Å². The van der Waals surface area contributed by atoms with Crippen molar-refractivity contribution in [1.29, 1.82) is 0 Å². The molecule has 6 nitrogen and oxygen atoms in total. The quantitative estimate of drug-likeness (QED) is 0.783. The van der Waals surface area contributed by atoms with Crippen LogP contribution in [0.25, 0.3) is 0 Å². The van der Waals surface area contributed by atoms with E-state index < -0.39 is 5.60 Å². The number of furan rings is 1. The number of hydrogen-bond acceptors (Lipinski definition) is 5. The van der Waals surface area contributed by atoms with Crippen molar-refractivity contribution in [3.8, 4) is 0 Å². The van der Waals surface area contributed by atoms with Crippen LogP contribution in [0.15, 0.2) is 16.7 Å². The molecule has 23 heavy (non-hydrogen) atoms. The molecule has 0 aliphatic heterocycles. The standard InChI is InChI=1S/C16H23N3O3S/c1-9-6-13(12(4)22-9)16(5,21)8-18-15(20)19-11(3)14-17-7-10(2)23-14/h6-7,11,21H,8H2,1-5H3,(H2,18,19,20). The van der Waals surface area contributed by atoms with Crippen LogP contribution in [-0.4, -0.2) is 22.7 Å². The molecule has 3 N–H and O–H groups in total. The van der Waals surface area contributed by atoms with Crippen molar-refractivity contribution < 1.29 is 14.3 Å². The van der Waals surface area contributed by atoms with Gasteiger partial charge in [0.05, 0.1) is 12.6 Å². The number of aromatic nitrogens is 1. The SMILES string of the molecule is Cc1cc(C(C)(O)CNC(=O)NC(C)c2ncc(C)s2)c(C)o1. The number of nitrogens with one attached hydrogen (secondary N) is 2. The second-order valence-corrected chi connectivity index (χ2v) is 7.22. The summed E-state index contributed by atoms with van der Waals surface area (Å²) in [5, 5.41) is 16.9. The lowest BCUT2D eigenvalue weighted by molar-refractivity contribution is 0.0578. The molecule has 2 heterocycles. The maximum atomic E-state index is 12.0. The molecule has 0 radical (unpaired) electrons. The smallest absolute Gasteiger partial charge is 0.315 e. The van der Waals surface area contributed by atoms with E-state index in [2.05, 4.69) is 15.6 Å². The molecule has 2 atom stereocenters. The first-order valence-corrected chi connectivity index (χ1v) is 8.27. The normalized spacial score (nSPS) is 15.0. The Kier molecular flexibility index (Phi) is 5.11. The summed E-state index contributed by atoms with van der Waals surface area (Å²) in [6, 6.07) is 1.26. The summed E-state index contributed by atoms with van der Waals surface area (Å²) in [6.45, 7) is 9.20. The summed E-state index contributed by atoms with van der Waals surface area (Å²) < 4.78 is 5.44. The predicted molar refractivity (Wildman–Crippen MR) is 89.6 cm³/mol. The molecule has 0 spiro atoms. The Morgan fingerprint density at radius 1 is 1.48 bits per heavy atom. The molecule has 0 aliphatic carbocycles. The summed E-state index contributed by atoms with van der Waals surface area (Å²) in [4.78, 5) is 17.4. The average Bonchev–Trinajstić information content (AvgIpc) is 3.03. The van der Waals surface area contributed by atoms with Crippen molar-refractivity contribution in [3.05, 3.63) is 39.2 Å². The van der Waals surface area contributed by atoms with E-state index in [-0.39, 0.29) is 18.6 Å². The van der Waals surface area contributed by atoms with E-state index in [4.69, 9.17) is 4.42 Å². The van der Waals surface area contributed by atoms with Crippen molar-refractivity contribution in [1.82, 2.24) is 15.6 Å². The number of urea groups is 1. The van der Waals surface area contributed by atoms with E-state index >= 15 is 0 Å². The van der Waals surface area contributed by atoms with E-state index in [9.17, 15) is 9.90 Å².